The Hall–Kier alpha value is -1.36. The van der Waals surface area contributed by atoms with Gasteiger partial charge in [-0.15, -0.1) is 0 Å². The fourth-order valence-corrected chi connectivity index (χ4v) is 0.931. The molecule has 0 radical (unpaired) electrons. The number of halogens is 1. The fourth-order valence-electron chi connectivity index (χ4n) is 0.741. The Morgan fingerprint density at radius 1 is 1.69 bits per heavy atom. The van der Waals surface area contributed by atoms with Gasteiger partial charge in [0.15, 0.2) is 0 Å². The Balaban J connectivity index is 2.71. The number of carbonyl (C=O) groups is 1. The predicted octanol–water partition coefficient (Wildman–Crippen LogP) is 0.713. The molecule has 0 saturated heterocycles. The summed E-state index contributed by atoms with van der Waals surface area (Å²) in [4.78, 5) is 18.1. The average molecular weight is 201 g/mol. The number of Topliss-reactive ketones (excluding diaryl/α,β-unsaturated/α-hetero) is 1. The Morgan fingerprint density at radius 3 is 2.92 bits per heavy atom. The molecule has 1 aromatic rings. The van der Waals surface area contributed by atoms with Crippen LogP contribution in [-0.4, -0.2) is 22.3 Å². The fraction of sp³-hybridized carbons (Fsp3) is 0.286. The van der Waals surface area contributed by atoms with Crippen molar-refractivity contribution in [3.05, 3.63) is 11.2 Å². The monoisotopic (exact) mass is 200 g/mol. The molecule has 0 fully saturated rings. The summed E-state index contributed by atoms with van der Waals surface area (Å²) >= 11 is 5.61. The molecule has 0 saturated carbocycles. The maximum Gasteiger partial charge on any atom is 0.223 e. The number of carbonyl (C=O) groups excluding carboxylic acids is 1. The van der Waals surface area contributed by atoms with Crippen molar-refractivity contribution in [2.24, 2.45) is 0 Å². The topological polar surface area (TPSA) is 80.9 Å². The number of ketones is 1. The summed E-state index contributed by atoms with van der Waals surface area (Å²) in [6, 6.07) is 1.50. The van der Waals surface area contributed by atoms with Gasteiger partial charge in [-0.1, -0.05) is 11.6 Å². The smallest absolute Gasteiger partial charge is 0.223 e. The molecule has 0 aliphatic rings. The molecule has 3 N–H and O–H groups in total. The molecular weight excluding hydrogens is 192 g/mol. The highest BCUT2D eigenvalue weighted by Crippen LogP contribution is 2.11. The third-order valence-corrected chi connectivity index (χ3v) is 1.42. The van der Waals surface area contributed by atoms with Gasteiger partial charge in [-0.2, -0.15) is 4.98 Å². The molecule has 6 heteroatoms. The van der Waals surface area contributed by atoms with Crippen molar-refractivity contribution in [2.45, 2.75) is 6.92 Å². The molecule has 0 bridgehead atoms. The van der Waals surface area contributed by atoms with Crippen molar-refractivity contribution < 1.29 is 4.79 Å². The molecule has 13 heavy (non-hydrogen) atoms. The first kappa shape index (κ1) is 9.73. The zero-order valence-electron chi connectivity index (χ0n) is 7.04. The number of anilines is 2. The summed E-state index contributed by atoms with van der Waals surface area (Å²) in [5.41, 5.74) is 5.33. The van der Waals surface area contributed by atoms with Gasteiger partial charge in [-0.3, -0.25) is 4.79 Å². The summed E-state index contributed by atoms with van der Waals surface area (Å²) < 4.78 is 0. The third kappa shape index (κ3) is 3.25. The number of hydrogen-bond donors (Lipinski definition) is 2. The van der Waals surface area contributed by atoms with Crippen LogP contribution in [0.2, 0.25) is 5.15 Å². The van der Waals surface area contributed by atoms with E-state index < -0.39 is 0 Å². The van der Waals surface area contributed by atoms with Crippen molar-refractivity contribution in [3.8, 4) is 0 Å². The molecule has 1 heterocycles. The standard InChI is InChI=1S/C7H9ClN4O/c1-4(13)3-10-6-2-5(8)11-7(9)12-6/h2H,3H2,1H3,(H3,9,10,11,12). The predicted molar refractivity (Wildman–Crippen MR) is 50.6 cm³/mol. The lowest BCUT2D eigenvalue weighted by Gasteiger charge is -2.03. The molecule has 0 atom stereocenters. The van der Waals surface area contributed by atoms with Gasteiger partial charge in [-0.25, -0.2) is 4.98 Å². The van der Waals surface area contributed by atoms with Crippen LogP contribution in [0.3, 0.4) is 0 Å². The van der Waals surface area contributed by atoms with Crippen LogP contribution < -0.4 is 11.1 Å². The zero-order valence-corrected chi connectivity index (χ0v) is 7.80. The molecule has 0 unspecified atom stereocenters. The SMILES string of the molecule is CC(=O)CNc1cc(Cl)nc(N)n1. The van der Waals surface area contributed by atoms with Crippen molar-refractivity contribution in [3.63, 3.8) is 0 Å². The van der Waals surface area contributed by atoms with E-state index in [1.165, 1.54) is 13.0 Å². The number of nitrogen functional groups attached to an aromatic ring is 1. The molecule has 1 rings (SSSR count). The van der Waals surface area contributed by atoms with Gasteiger partial charge in [0.2, 0.25) is 5.95 Å². The van der Waals surface area contributed by atoms with Crippen LogP contribution in [0.5, 0.6) is 0 Å². The lowest BCUT2D eigenvalue weighted by Crippen LogP contribution is -2.11. The van der Waals surface area contributed by atoms with Crippen LogP contribution in [0.1, 0.15) is 6.92 Å². The molecule has 0 amide bonds. The first-order valence-corrected chi connectivity index (χ1v) is 3.99. The van der Waals surface area contributed by atoms with Gasteiger partial charge in [0.1, 0.15) is 16.8 Å². The maximum absolute atomic E-state index is 10.6. The van der Waals surface area contributed by atoms with Gasteiger partial charge in [0.05, 0.1) is 6.54 Å². The minimum Gasteiger partial charge on any atom is -0.368 e. The third-order valence-electron chi connectivity index (χ3n) is 1.23. The Morgan fingerprint density at radius 2 is 2.38 bits per heavy atom. The van der Waals surface area contributed by atoms with Crippen molar-refractivity contribution >= 4 is 29.2 Å². The zero-order chi connectivity index (χ0) is 9.84. The molecule has 0 aliphatic carbocycles. The molecule has 5 nitrogen and oxygen atoms in total. The van der Waals surface area contributed by atoms with Gasteiger partial charge >= 0.3 is 0 Å². The Bertz CT molecular complexity index is 308. The number of nitrogens with zero attached hydrogens (tertiary/aromatic N) is 2. The maximum atomic E-state index is 10.6. The van der Waals surface area contributed by atoms with E-state index in [0.29, 0.717) is 5.82 Å². The molecule has 0 aromatic carbocycles. The van der Waals surface area contributed by atoms with Crippen LogP contribution in [0.4, 0.5) is 11.8 Å². The Labute approximate surface area is 80.3 Å². The van der Waals surface area contributed by atoms with E-state index in [9.17, 15) is 4.79 Å². The van der Waals surface area contributed by atoms with Crippen LogP contribution in [0, 0.1) is 0 Å². The normalized spacial score (nSPS) is 9.69. The highest BCUT2D eigenvalue weighted by molar-refractivity contribution is 6.29. The van der Waals surface area contributed by atoms with Crippen LogP contribution in [0.15, 0.2) is 6.07 Å². The van der Waals surface area contributed by atoms with Crippen molar-refractivity contribution in [1.29, 1.82) is 0 Å². The molecule has 0 aliphatic heterocycles. The van der Waals surface area contributed by atoms with E-state index >= 15 is 0 Å². The first-order valence-electron chi connectivity index (χ1n) is 3.61. The minimum atomic E-state index is 0.00769. The highest BCUT2D eigenvalue weighted by Gasteiger charge is 2.00. The van der Waals surface area contributed by atoms with Crippen LogP contribution in [-0.2, 0) is 4.79 Å². The summed E-state index contributed by atoms with van der Waals surface area (Å²) in [6.45, 7) is 1.67. The summed E-state index contributed by atoms with van der Waals surface area (Å²) in [5.74, 6) is 0.541. The van der Waals surface area contributed by atoms with Gasteiger partial charge < -0.3 is 11.1 Å². The molecular formula is C7H9ClN4O. The van der Waals surface area contributed by atoms with Crippen LogP contribution >= 0.6 is 11.6 Å². The molecule has 0 spiro atoms. The second-order valence-electron chi connectivity index (χ2n) is 2.49. The number of rotatable bonds is 3. The highest BCUT2D eigenvalue weighted by atomic mass is 35.5. The number of nitrogens with two attached hydrogens (primary N) is 1. The van der Waals surface area contributed by atoms with Gasteiger partial charge in [-0.05, 0) is 6.92 Å². The summed E-state index contributed by atoms with van der Waals surface area (Å²) in [7, 11) is 0. The van der Waals surface area contributed by atoms with Crippen LogP contribution in [0.25, 0.3) is 0 Å². The Kier molecular flexibility index (Phi) is 3.02. The largest absolute Gasteiger partial charge is 0.368 e. The van der Waals surface area contributed by atoms with E-state index in [2.05, 4.69) is 15.3 Å². The van der Waals surface area contributed by atoms with Crippen molar-refractivity contribution in [2.75, 3.05) is 17.6 Å². The van der Waals surface area contributed by atoms with E-state index in [1.807, 2.05) is 0 Å². The second kappa shape index (κ2) is 4.04. The van der Waals surface area contributed by atoms with E-state index in [-0.39, 0.29) is 23.4 Å². The summed E-state index contributed by atoms with van der Waals surface area (Å²) in [6.07, 6.45) is 0. The van der Waals surface area contributed by atoms with E-state index in [4.69, 9.17) is 17.3 Å². The van der Waals surface area contributed by atoms with E-state index in [0.717, 1.165) is 0 Å². The van der Waals surface area contributed by atoms with Gasteiger partial charge in [0, 0.05) is 6.07 Å². The molecule has 70 valence electrons. The number of nitrogens with one attached hydrogen (secondary N) is 1. The minimum absolute atomic E-state index is 0.00769. The second-order valence-corrected chi connectivity index (χ2v) is 2.88. The quantitative estimate of drug-likeness (QED) is 0.703. The summed E-state index contributed by atoms with van der Waals surface area (Å²) in [5, 5.41) is 3.01. The van der Waals surface area contributed by atoms with E-state index in [1.54, 1.807) is 0 Å². The lowest BCUT2D eigenvalue weighted by atomic mass is 10.4. The lowest BCUT2D eigenvalue weighted by molar-refractivity contribution is -0.115. The van der Waals surface area contributed by atoms with Gasteiger partial charge in [0.25, 0.3) is 0 Å². The molecule has 1 aromatic heterocycles. The number of hydrogen-bond acceptors (Lipinski definition) is 5. The van der Waals surface area contributed by atoms with Crippen molar-refractivity contribution in [1.82, 2.24) is 9.97 Å². The number of aromatic nitrogens is 2. The average Bonchev–Trinajstić information content (AvgIpc) is 1.99. The first-order chi connectivity index (χ1) is 6.08.